The van der Waals surface area contributed by atoms with Gasteiger partial charge in [0.05, 0.1) is 12.1 Å². The first kappa shape index (κ1) is 16.1. The van der Waals surface area contributed by atoms with Crippen molar-refractivity contribution in [1.29, 1.82) is 0 Å². The fourth-order valence-corrected chi connectivity index (χ4v) is 2.27. The van der Waals surface area contributed by atoms with E-state index >= 15 is 0 Å². The molecule has 1 heterocycles. The molecule has 0 unspecified atom stereocenters. The average Bonchev–Trinajstić information content (AvgIpc) is 2.71. The van der Waals surface area contributed by atoms with E-state index < -0.39 is 24.5 Å². The van der Waals surface area contributed by atoms with Crippen molar-refractivity contribution >= 4 is 47.2 Å². The summed E-state index contributed by atoms with van der Waals surface area (Å²) in [4.78, 5) is 35.6. The van der Waals surface area contributed by atoms with Crippen LogP contribution in [0, 0.1) is 0 Å². The number of carbonyl (C=O) groups is 3. The van der Waals surface area contributed by atoms with Gasteiger partial charge in [-0.2, -0.15) is 0 Å². The van der Waals surface area contributed by atoms with Gasteiger partial charge in [-0.3, -0.25) is 9.59 Å². The second-order valence-corrected chi connectivity index (χ2v) is 5.12. The highest BCUT2D eigenvalue weighted by atomic mass is 35.5. The van der Waals surface area contributed by atoms with Gasteiger partial charge in [0.1, 0.15) is 18.0 Å². The lowest BCUT2D eigenvalue weighted by Crippen LogP contribution is -2.36. The van der Waals surface area contributed by atoms with Gasteiger partial charge in [-0.15, -0.1) is 0 Å². The Hall–Kier alpha value is -2.25. The summed E-state index contributed by atoms with van der Waals surface area (Å²) in [5.74, 6) is -1.75. The molecule has 2 N–H and O–H groups in total. The van der Waals surface area contributed by atoms with Gasteiger partial charge in [-0.1, -0.05) is 23.2 Å². The molecule has 3 amide bonds. The number of phenols is 1. The molecule has 22 heavy (non-hydrogen) atoms. The predicted octanol–water partition coefficient (Wildman–Crippen LogP) is 1.76. The van der Waals surface area contributed by atoms with Crippen LogP contribution in [0.5, 0.6) is 5.75 Å². The zero-order valence-corrected chi connectivity index (χ0v) is 12.7. The number of hydrogen-bond donors (Lipinski definition) is 2. The second-order valence-electron chi connectivity index (χ2n) is 4.28. The molecular weight excluding hydrogens is 335 g/mol. The maximum absolute atomic E-state index is 12.1. The van der Waals surface area contributed by atoms with Gasteiger partial charge in [0.25, 0.3) is 5.91 Å². The third-order valence-electron chi connectivity index (χ3n) is 2.83. The van der Waals surface area contributed by atoms with Crippen LogP contribution in [0.15, 0.2) is 17.8 Å². The Morgan fingerprint density at radius 3 is 2.73 bits per heavy atom. The molecule has 0 bridgehead atoms. The zero-order chi connectivity index (χ0) is 16.4. The number of carbonyl (C=O) groups excluding carboxylic acids is 3. The van der Waals surface area contributed by atoms with Crippen LogP contribution in [0.25, 0.3) is 6.08 Å². The zero-order valence-electron chi connectivity index (χ0n) is 11.2. The lowest BCUT2D eigenvalue weighted by Gasteiger charge is -2.09. The van der Waals surface area contributed by atoms with E-state index in [1.54, 1.807) is 0 Å². The number of nitrogens with one attached hydrogen (secondary N) is 1. The Kier molecular flexibility index (Phi) is 4.58. The largest absolute Gasteiger partial charge is 0.506 e. The van der Waals surface area contributed by atoms with Gasteiger partial charge in [0.2, 0.25) is 0 Å². The summed E-state index contributed by atoms with van der Waals surface area (Å²) < 4.78 is 4.41. The molecule has 0 radical (unpaired) electrons. The molecule has 116 valence electrons. The molecule has 0 spiro atoms. The maximum Gasteiger partial charge on any atom is 0.329 e. The minimum atomic E-state index is -0.769. The van der Waals surface area contributed by atoms with Gasteiger partial charge in [0, 0.05) is 10.6 Å². The van der Waals surface area contributed by atoms with E-state index in [0.29, 0.717) is 4.90 Å². The Morgan fingerprint density at radius 2 is 2.09 bits per heavy atom. The number of methoxy groups -OCH3 is 1. The molecule has 7 nitrogen and oxygen atoms in total. The van der Waals surface area contributed by atoms with Crippen LogP contribution >= 0.6 is 23.2 Å². The van der Waals surface area contributed by atoms with Crippen molar-refractivity contribution in [3.05, 3.63) is 33.4 Å². The van der Waals surface area contributed by atoms with Gasteiger partial charge < -0.3 is 15.2 Å². The number of rotatable bonds is 3. The number of ether oxygens (including phenoxy) is 1. The highest BCUT2D eigenvalue weighted by molar-refractivity contribution is 6.36. The Bertz CT molecular complexity index is 702. The van der Waals surface area contributed by atoms with Crippen LogP contribution in [0.2, 0.25) is 10.0 Å². The smallest absolute Gasteiger partial charge is 0.329 e. The highest BCUT2D eigenvalue weighted by Crippen LogP contribution is 2.32. The van der Waals surface area contributed by atoms with E-state index in [9.17, 15) is 19.5 Å². The van der Waals surface area contributed by atoms with Gasteiger partial charge in [-0.25, -0.2) is 9.69 Å². The number of benzene rings is 1. The molecule has 9 heteroatoms. The summed E-state index contributed by atoms with van der Waals surface area (Å²) in [6.45, 7) is -0.513. The molecule has 1 aliphatic heterocycles. The number of imide groups is 1. The molecule has 1 aromatic carbocycles. The molecule has 0 saturated carbocycles. The van der Waals surface area contributed by atoms with Gasteiger partial charge in [-0.05, 0) is 18.2 Å². The summed E-state index contributed by atoms with van der Waals surface area (Å²) in [6, 6.07) is 1.94. The first-order valence-electron chi connectivity index (χ1n) is 5.93. The Balaban J connectivity index is 2.33. The number of esters is 1. The molecule has 1 fully saturated rings. The number of phenolic OH excluding ortho intramolecular Hbond substituents is 1. The molecule has 0 aliphatic carbocycles. The number of nitrogens with zero attached hydrogens (tertiary/aromatic N) is 1. The van der Waals surface area contributed by atoms with Crippen molar-refractivity contribution in [3.8, 4) is 5.75 Å². The molecular formula is C13H10Cl2N2O5. The first-order valence-corrected chi connectivity index (χ1v) is 6.68. The van der Waals surface area contributed by atoms with E-state index in [-0.39, 0.29) is 27.1 Å². The van der Waals surface area contributed by atoms with Crippen LogP contribution in [0.1, 0.15) is 5.56 Å². The topological polar surface area (TPSA) is 95.9 Å². The third-order valence-corrected chi connectivity index (χ3v) is 3.34. The summed E-state index contributed by atoms with van der Waals surface area (Å²) >= 11 is 11.6. The van der Waals surface area contributed by atoms with Crippen molar-refractivity contribution in [3.63, 3.8) is 0 Å². The third kappa shape index (κ3) is 3.15. The van der Waals surface area contributed by atoms with E-state index in [4.69, 9.17) is 23.2 Å². The summed E-state index contributed by atoms with van der Waals surface area (Å²) in [5, 5.41) is 12.4. The Labute approximate surface area is 135 Å². The van der Waals surface area contributed by atoms with Gasteiger partial charge in [0.15, 0.2) is 0 Å². The van der Waals surface area contributed by atoms with E-state index in [0.717, 1.165) is 7.11 Å². The SMILES string of the molecule is COC(=O)CN1C(=O)NC(=Cc2cc(Cl)cc(Cl)c2O)C1=O. The van der Waals surface area contributed by atoms with Crippen LogP contribution in [-0.4, -0.2) is 41.6 Å². The quantitative estimate of drug-likeness (QED) is 0.494. The number of halogens is 2. The minimum absolute atomic E-state index is 0.00235. The molecule has 1 aliphatic rings. The molecule has 1 saturated heterocycles. The standard InChI is InChI=1S/C13H10Cl2N2O5/c1-22-10(18)5-17-12(20)9(16-13(17)21)3-6-2-7(14)4-8(15)11(6)19/h2-4,19H,5H2,1H3,(H,16,21). The number of urea groups is 1. The second kappa shape index (κ2) is 6.25. The highest BCUT2D eigenvalue weighted by Gasteiger charge is 2.35. The summed E-state index contributed by atoms with van der Waals surface area (Å²) in [5.41, 5.74) is 0.0311. The van der Waals surface area contributed by atoms with Crippen LogP contribution in [0.4, 0.5) is 4.79 Å². The summed E-state index contributed by atoms with van der Waals surface area (Å²) in [7, 11) is 1.14. The number of amides is 3. The number of hydrogen-bond acceptors (Lipinski definition) is 5. The van der Waals surface area contributed by atoms with Crippen molar-refractivity contribution in [2.75, 3.05) is 13.7 Å². The van der Waals surface area contributed by atoms with Crippen molar-refractivity contribution in [2.24, 2.45) is 0 Å². The van der Waals surface area contributed by atoms with Crippen LogP contribution < -0.4 is 5.32 Å². The van der Waals surface area contributed by atoms with Gasteiger partial charge >= 0.3 is 12.0 Å². The fourth-order valence-electron chi connectivity index (χ4n) is 1.76. The minimum Gasteiger partial charge on any atom is -0.506 e. The molecule has 0 aromatic heterocycles. The van der Waals surface area contributed by atoms with E-state index in [1.165, 1.54) is 18.2 Å². The van der Waals surface area contributed by atoms with Crippen molar-refractivity contribution < 1.29 is 24.2 Å². The van der Waals surface area contributed by atoms with E-state index in [1.807, 2.05) is 0 Å². The van der Waals surface area contributed by atoms with Crippen molar-refractivity contribution in [2.45, 2.75) is 0 Å². The molecule has 2 rings (SSSR count). The normalized spacial score (nSPS) is 16.1. The monoisotopic (exact) mass is 344 g/mol. The Morgan fingerprint density at radius 1 is 1.41 bits per heavy atom. The summed E-state index contributed by atoms with van der Waals surface area (Å²) in [6.07, 6.45) is 1.21. The van der Waals surface area contributed by atoms with Crippen LogP contribution in [-0.2, 0) is 14.3 Å². The average molecular weight is 345 g/mol. The lowest BCUT2D eigenvalue weighted by molar-refractivity contribution is -0.143. The lowest BCUT2D eigenvalue weighted by atomic mass is 10.1. The predicted molar refractivity (Wildman–Crippen MR) is 78.4 cm³/mol. The van der Waals surface area contributed by atoms with Crippen LogP contribution in [0.3, 0.4) is 0 Å². The molecule has 1 aromatic rings. The maximum atomic E-state index is 12.1. The molecule has 0 atom stereocenters. The number of aromatic hydroxyl groups is 1. The fraction of sp³-hybridized carbons (Fsp3) is 0.154. The van der Waals surface area contributed by atoms with E-state index in [2.05, 4.69) is 10.1 Å². The van der Waals surface area contributed by atoms with Crippen molar-refractivity contribution in [1.82, 2.24) is 10.2 Å². The first-order chi connectivity index (χ1) is 10.3.